The Morgan fingerprint density at radius 1 is 1.47 bits per heavy atom. The van der Waals surface area contributed by atoms with Crippen LogP contribution in [-0.4, -0.2) is 19.7 Å². The van der Waals surface area contributed by atoms with Crippen molar-refractivity contribution in [2.75, 3.05) is 0 Å². The second-order valence-electron chi connectivity index (χ2n) is 3.81. The Labute approximate surface area is 118 Å². The van der Waals surface area contributed by atoms with Gasteiger partial charge in [0, 0.05) is 29.9 Å². The van der Waals surface area contributed by atoms with E-state index in [9.17, 15) is 0 Å². The van der Waals surface area contributed by atoms with Crippen molar-refractivity contribution < 1.29 is 4.52 Å². The SMILES string of the molecule is CCn1ccnc1SCc1nc(-c2ccsc2)no1. The number of hydrogen-bond acceptors (Lipinski definition) is 6. The largest absolute Gasteiger partial charge is 0.338 e. The van der Waals surface area contributed by atoms with E-state index in [1.807, 2.05) is 23.0 Å². The van der Waals surface area contributed by atoms with Crippen LogP contribution in [-0.2, 0) is 12.3 Å². The third-order valence-corrected chi connectivity index (χ3v) is 4.26. The number of imidazole rings is 1. The second-order valence-corrected chi connectivity index (χ2v) is 5.53. The average molecular weight is 292 g/mol. The van der Waals surface area contributed by atoms with Crippen LogP contribution < -0.4 is 0 Å². The maximum Gasteiger partial charge on any atom is 0.237 e. The summed E-state index contributed by atoms with van der Waals surface area (Å²) in [6.07, 6.45) is 3.77. The Bertz CT molecular complexity index is 644. The summed E-state index contributed by atoms with van der Waals surface area (Å²) in [5.74, 6) is 1.90. The van der Waals surface area contributed by atoms with Gasteiger partial charge in [0.1, 0.15) is 0 Å². The Morgan fingerprint density at radius 2 is 2.42 bits per heavy atom. The lowest BCUT2D eigenvalue weighted by molar-refractivity contribution is 0.391. The van der Waals surface area contributed by atoms with Gasteiger partial charge >= 0.3 is 0 Å². The lowest BCUT2D eigenvalue weighted by Gasteiger charge is -2.01. The van der Waals surface area contributed by atoms with Crippen LogP contribution in [0.2, 0.25) is 0 Å². The van der Waals surface area contributed by atoms with E-state index in [0.717, 1.165) is 17.3 Å². The van der Waals surface area contributed by atoms with Crippen LogP contribution >= 0.6 is 23.1 Å². The van der Waals surface area contributed by atoms with Gasteiger partial charge < -0.3 is 9.09 Å². The molecule has 19 heavy (non-hydrogen) atoms. The van der Waals surface area contributed by atoms with Crippen LogP contribution in [0.5, 0.6) is 0 Å². The molecule has 0 aliphatic heterocycles. The Kier molecular flexibility index (Phi) is 3.65. The predicted molar refractivity (Wildman–Crippen MR) is 75.1 cm³/mol. The van der Waals surface area contributed by atoms with Gasteiger partial charge in [-0.2, -0.15) is 16.3 Å². The van der Waals surface area contributed by atoms with Crippen molar-refractivity contribution in [3.05, 3.63) is 35.1 Å². The molecule has 7 heteroatoms. The van der Waals surface area contributed by atoms with Crippen LogP contribution in [0, 0.1) is 0 Å². The summed E-state index contributed by atoms with van der Waals surface area (Å²) in [5, 5.41) is 8.96. The number of thioether (sulfide) groups is 1. The number of nitrogens with zero attached hydrogens (tertiary/aromatic N) is 4. The Hall–Kier alpha value is -1.60. The first-order chi connectivity index (χ1) is 9.36. The van der Waals surface area contributed by atoms with Gasteiger partial charge in [0.2, 0.25) is 11.7 Å². The van der Waals surface area contributed by atoms with Crippen LogP contribution in [0.25, 0.3) is 11.4 Å². The summed E-state index contributed by atoms with van der Waals surface area (Å²) in [7, 11) is 0. The van der Waals surface area contributed by atoms with E-state index < -0.39 is 0 Å². The molecule has 0 unspecified atom stereocenters. The van der Waals surface area contributed by atoms with E-state index in [-0.39, 0.29) is 0 Å². The monoisotopic (exact) mass is 292 g/mol. The standard InChI is InChI=1S/C12H12N4OS2/c1-2-16-5-4-13-12(16)19-8-10-14-11(15-17-10)9-3-6-18-7-9/h3-7H,2,8H2,1H3. The number of aromatic nitrogens is 4. The van der Waals surface area contributed by atoms with Crippen molar-refractivity contribution in [3.63, 3.8) is 0 Å². The molecule has 0 saturated carbocycles. The maximum atomic E-state index is 5.25. The summed E-state index contributed by atoms with van der Waals surface area (Å²) in [6, 6.07) is 1.98. The lowest BCUT2D eigenvalue weighted by atomic mass is 10.3. The first kappa shape index (κ1) is 12.4. The summed E-state index contributed by atoms with van der Waals surface area (Å²) in [4.78, 5) is 8.68. The topological polar surface area (TPSA) is 56.7 Å². The average Bonchev–Trinajstić information content (AvgIpc) is 3.16. The molecule has 0 atom stereocenters. The molecule has 0 saturated heterocycles. The van der Waals surface area contributed by atoms with Crippen LogP contribution in [0.4, 0.5) is 0 Å². The number of rotatable bonds is 5. The smallest absolute Gasteiger partial charge is 0.237 e. The highest BCUT2D eigenvalue weighted by Crippen LogP contribution is 2.23. The molecule has 0 amide bonds. The van der Waals surface area contributed by atoms with Gasteiger partial charge in [0.15, 0.2) is 5.16 Å². The molecule has 5 nitrogen and oxygen atoms in total. The molecule has 0 bridgehead atoms. The van der Waals surface area contributed by atoms with Gasteiger partial charge in [0.25, 0.3) is 0 Å². The highest BCUT2D eigenvalue weighted by Gasteiger charge is 2.10. The fraction of sp³-hybridized carbons (Fsp3) is 0.250. The van der Waals surface area contributed by atoms with E-state index in [1.165, 1.54) is 0 Å². The van der Waals surface area contributed by atoms with Crippen molar-refractivity contribution in [2.24, 2.45) is 0 Å². The Balaban J connectivity index is 1.68. The fourth-order valence-corrected chi connectivity index (χ4v) is 3.12. The van der Waals surface area contributed by atoms with Crippen LogP contribution in [0.1, 0.15) is 12.8 Å². The fourth-order valence-electron chi connectivity index (χ4n) is 1.63. The van der Waals surface area contributed by atoms with E-state index in [0.29, 0.717) is 17.5 Å². The number of thiophene rings is 1. The quantitative estimate of drug-likeness (QED) is 0.675. The molecule has 0 aliphatic rings. The molecular weight excluding hydrogens is 280 g/mol. The second kappa shape index (κ2) is 5.58. The zero-order valence-corrected chi connectivity index (χ0v) is 11.9. The summed E-state index contributed by atoms with van der Waals surface area (Å²) >= 11 is 3.22. The molecule has 3 aromatic heterocycles. The van der Waals surface area contributed by atoms with E-state index in [1.54, 1.807) is 29.3 Å². The van der Waals surface area contributed by atoms with E-state index in [2.05, 4.69) is 26.6 Å². The summed E-state index contributed by atoms with van der Waals surface area (Å²) < 4.78 is 7.33. The maximum absolute atomic E-state index is 5.25. The van der Waals surface area contributed by atoms with E-state index in [4.69, 9.17) is 4.52 Å². The number of aryl methyl sites for hydroxylation is 1. The van der Waals surface area contributed by atoms with Crippen molar-refractivity contribution >= 4 is 23.1 Å². The van der Waals surface area contributed by atoms with Crippen LogP contribution in [0.15, 0.2) is 38.9 Å². The molecular formula is C12H12N4OS2. The summed E-state index contributed by atoms with van der Waals surface area (Å²) in [6.45, 7) is 3.00. The minimum Gasteiger partial charge on any atom is -0.338 e. The zero-order chi connectivity index (χ0) is 13.1. The molecule has 0 aliphatic carbocycles. The van der Waals surface area contributed by atoms with Crippen LogP contribution in [0.3, 0.4) is 0 Å². The first-order valence-corrected chi connectivity index (χ1v) is 7.78. The minimum absolute atomic E-state index is 0.622. The third-order valence-electron chi connectivity index (χ3n) is 2.59. The van der Waals surface area contributed by atoms with Gasteiger partial charge in [0.05, 0.1) is 5.75 Å². The molecule has 98 valence electrons. The zero-order valence-electron chi connectivity index (χ0n) is 10.3. The molecule has 3 aromatic rings. The van der Waals surface area contributed by atoms with Crippen molar-refractivity contribution in [3.8, 4) is 11.4 Å². The molecule has 0 radical (unpaired) electrons. The summed E-state index contributed by atoms with van der Waals surface area (Å²) in [5.41, 5.74) is 1.00. The Morgan fingerprint density at radius 3 is 3.21 bits per heavy atom. The van der Waals surface area contributed by atoms with Gasteiger partial charge in [-0.05, 0) is 18.4 Å². The molecule has 0 N–H and O–H groups in total. The molecule has 3 heterocycles. The van der Waals surface area contributed by atoms with Crippen molar-refractivity contribution in [1.29, 1.82) is 0 Å². The lowest BCUT2D eigenvalue weighted by Crippen LogP contribution is -1.94. The highest BCUT2D eigenvalue weighted by molar-refractivity contribution is 7.98. The van der Waals surface area contributed by atoms with Crippen molar-refractivity contribution in [1.82, 2.24) is 19.7 Å². The van der Waals surface area contributed by atoms with Gasteiger partial charge in [-0.3, -0.25) is 0 Å². The highest BCUT2D eigenvalue weighted by atomic mass is 32.2. The van der Waals surface area contributed by atoms with E-state index >= 15 is 0 Å². The molecule has 0 aromatic carbocycles. The molecule has 3 rings (SSSR count). The van der Waals surface area contributed by atoms with Crippen molar-refractivity contribution in [2.45, 2.75) is 24.4 Å². The molecule has 0 spiro atoms. The molecule has 0 fully saturated rings. The third kappa shape index (κ3) is 2.71. The van der Waals surface area contributed by atoms with Gasteiger partial charge in [-0.1, -0.05) is 16.9 Å². The minimum atomic E-state index is 0.622. The van der Waals surface area contributed by atoms with Gasteiger partial charge in [-0.25, -0.2) is 4.98 Å². The normalized spacial score (nSPS) is 11.0. The first-order valence-electron chi connectivity index (χ1n) is 5.86. The van der Waals surface area contributed by atoms with Gasteiger partial charge in [-0.15, -0.1) is 0 Å². The number of hydrogen-bond donors (Lipinski definition) is 0. The predicted octanol–water partition coefficient (Wildman–Crippen LogP) is 3.31.